The van der Waals surface area contributed by atoms with E-state index in [0.717, 1.165) is 23.8 Å². The number of cyclic esters (lactones) is 1. The van der Waals surface area contributed by atoms with Crippen molar-refractivity contribution in [3.8, 4) is 0 Å². The predicted molar refractivity (Wildman–Crippen MR) is 59.7 cm³/mol. The van der Waals surface area contributed by atoms with Crippen molar-refractivity contribution in [2.45, 2.75) is 24.9 Å². The highest BCUT2D eigenvalue weighted by Crippen LogP contribution is 2.25. The molecule has 16 heavy (non-hydrogen) atoms. The molecule has 1 aromatic rings. The number of nitrogens with zero attached hydrogens (tertiary/aromatic N) is 2. The summed E-state index contributed by atoms with van der Waals surface area (Å²) in [6.07, 6.45) is 5.21. The molecule has 2 heterocycles. The Morgan fingerprint density at radius 1 is 1.62 bits per heavy atom. The van der Waals surface area contributed by atoms with Crippen LogP contribution in [0.5, 0.6) is 0 Å². The maximum atomic E-state index is 11.4. The summed E-state index contributed by atoms with van der Waals surface area (Å²) in [5, 5.41) is 7.22. The number of hydrogen-bond donors (Lipinski definition) is 1. The molecule has 0 aliphatic carbocycles. The van der Waals surface area contributed by atoms with E-state index in [1.807, 2.05) is 6.08 Å². The van der Waals surface area contributed by atoms with Crippen molar-refractivity contribution in [1.29, 1.82) is 0 Å². The molecule has 0 saturated carbocycles. The molecule has 0 bridgehead atoms. The second-order valence-electron chi connectivity index (χ2n) is 3.53. The first kappa shape index (κ1) is 11.2. The minimum atomic E-state index is -0.130. The van der Waals surface area contributed by atoms with Crippen molar-refractivity contribution in [3.63, 3.8) is 0 Å². The first-order valence-corrected chi connectivity index (χ1v) is 6.18. The van der Waals surface area contributed by atoms with Crippen LogP contribution in [0, 0.1) is 5.92 Å². The molecule has 1 atom stereocenters. The molecular formula is C10H13N3O2S. The fraction of sp³-hybridized carbons (Fsp3) is 0.500. The van der Waals surface area contributed by atoms with Crippen LogP contribution in [-0.4, -0.2) is 26.9 Å². The maximum Gasteiger partial charge on any atom is 0.318 e. The number of esters is 1. The van der Waals surface area contributed by atoms with Crippen LogP contribution >= 0.6 is 11.8 Å². The van der Waals surface area contributed by atoms with Gasteiger partial charge in [0, 0.05) is 0 Å². The fourth-order valence-corrected chi connectivity index (χ4v) is 2.20. The average Bonchev–Trinajstić information content (AvgIpc) is 2.87. The number of thioether (sulfide) groups is 1. The highest BCUT2D eigenvalue weighted by molar-refractivity contribution is 7.99. The molecular weight excluding hydrogens is 226 g/mol. The summed E-state index contributed by atoms with van der Waals surface area (Å²) < 4.78 is 5.16. The van der Waals surface area contributed by atoms with Gasteiger partial charge in [-0.05, 0) is 12.5 Å². The SMILES string of the molecule is CCCC1C=C(CSc2ncn[nH]2)OC1=O. The Morgan fingerprint density at radius 3 is 3.19 bits per heavy atom. The highest BCUT2D eigenvalue weighted by atomic mass is 32.2. The molecule has 5 nitrogen and oxygen atoms in total. The molecule has 2 rings (SSSR count). The van der Waals surface area contributed by atoms with Crippen LogP contribution in [0.15, 0.2) is 23.3 Å². The third-order valence-electron chi connectivity index (χ3n) is 2.27. The van der Waals surface area contributed by atoms with E-state index in [2.05, 4.69) is 22.1 Å². The van der Waals surface area contributed by atoms with Gasteiger partial charge in [0.1, 0.15) is 12.1 Å². The lowest BCUT2D eigenvalue weighted by atomic mass is 10.1. The number of aromatic amines is 1. The zero-order valence-electron chi connectivity index (χ0n) is 8.97. The van der Waals surface area contributed by atoms with Gasteiger partial charge in [0.15, 0.2) is 5.16 Å². The number of rotatable bonds is 5. The zero-order valence-corrected chi connectivity index (χ0v) is 9.79. The number of hydrogen-bond acceptors (Lipinski definition) is 5. The minimum Gasteiger partial charge on any atom is -0.430 e. The van der Waals surface area contributed by atoms with Gasteiger partial charge in [-0.15, -0.1) is 0 Å². The van der Waals surface area contributed by atoms with Gasteiger partial charge >= 0.3 is 5.97 Å². The molecule has 1 aliphatic rings. The molecule has 6 heteroatoms. The van der Waals surface area contributed by atoms with Gasteiger partial charge in [-0.3, -0.25) is 9.89 Å². The van der Waals surface area contributed by atoms with Gasteiger partial charge in [-0.25, -0.2) is 4.98 Å². The van der Waals surface area contributed by atoms with E-state index in [9.17, 15) is 4.79 Å². The average molecular weight is 239 g/mol. The molecule has 1 unspecified atom stereocenters. The Labute approximate surface area is 97.7 Å². The Kier molecular flexibility index (Phi) is 3.61. The molecule has 1 N–H and O–H groups in total. The van der Waals surface area contributed by atoms with E-state index in [0.29, 0.717) is 5.75 Å². The monoisotopic (exact) mass is 239 g/mol. The highest BCUT2D eigenvalue weighted by Gasteiger charge is 2.26. The lowest BCUT2D eigenvalue weighted by Crippen LogP contribution is -2.07. The summed E-state index contributed by atoms with van der Waals surface area (Å²) in [6.45, 7) is 2.06. The van der Waals surface area contributed by atoms with Gasteiger partial charge in [-0.2, -0.15) is 5.10 Å². The summed E-state index contributed by atoms with van der Waals surface area (Å²) in [5.74, 6) is 1.15. The number of carbonyl (C=O) groups excluding carboxylic acids is 1. The van der Waals surface area contributed by atoms with Crippen LogP contribution in [-0.2, 0) is 9.53 Å². The number of carbonyl (C=O) groups is 1. The van der Waals surface area contributed by atoms with E-state index >= 15 is 0 Å². The molecule has 0 radical (unpaired) electrons. The molecule has 86 valence electrons. The first-order valence-electron chi connectivity index (χ1n) is 5.20. The van der Waals surface area contributed by atoms with Crippen LogP contribution in [0.4, 0.5) is 0 Å². The quantitative estimate of drug-likeness (QED) is 0.626. The van der Waals surface area contributed by atoms with E-state index in [1.165, 1.54) is 18.1 Å². The molecule has 0 aromatic carbocycles. The van der Waals surface area contributed by atoms with E-state index in [4.69, 9.17) is 4.74 Å². The van der Waals surface area contributed by atoms with Crippen LogP contribution < -0.4 is 0 Å². The number of ether oxygens (including phenoxy) is 1. The standard InChI is InChI=1S/C10H13N3O2S/c1-2-3-7-4-8(15-9(7)14)5-16-10-11-6-12-13-10/h4,6-7H,2-3,5H2,1H3,(H,11,12,13). The molecule has 0 saturated heterocycles. The van der Waals surface area contributed by atoms with Crippen LogP contribution in [0.25, 0.3) is 0 Å². The van der Waals surface area contributed by atoms with Crippen LogP contribution in [0.2, 0.25) is 0 Å². The number of nitrogens with one attached hydrogen (secondary N) is 1. The summed E-state index contributed by atoms with van der Waals surface area (Å²) in [7, 11) is 0. The van der Waals surface area contributed by atoms with Crippen molar-refractivity contribution in [2.24, 2.45) is 5.92 Å². The lowest BCUT2D eigenvalue weighted by Gasteiger charge is -2.00. The second-order valence-corrected chi connectivity index (χ2v) is 4.49. The summed E-state index contributed by atoms with van der Waals surface area (Å²) in [6, 6.07) is 0. The lowest BCUT2D eigenvalue weighted by molar-refractivity contribution is -0.140. The van der Waals surface area contributed by atoms with E-state index in [-0.39, 0.29) is 11.9 Å². The van der Waals surface area contributed by atoms with Crippen molar-refractivity contribution < 1.29 is 9.53 Å². The molecule has 0 amide bonds. The minimum absolute atomic E-state index is 0.0599. The Bertz CT molecular complexity index is 389. The van der Waals surface area contributed by atoms with Crippen molar-refractivity contribution >= 4 is 17.7 Å². The second kappa shape index (κ2) is 5.16. The van der Waals surface area contributed by atoms with Crippen LogP contribution in [0.1, 0.15) is 19.8 Å². The number of H-pyrrole nitrogens is 1. The van der Waals surface area contributed by atoms with Crippen molar-refractivity contribution in [1.82, 2.24) is 15.2 Å². The van der Waals surface area contributed by atoms with E-state index < -0.39 is 0 Å². The first-order chi connectivity index (χ1) is 7.79. The maximum absolute atomic E-state index is 11.4. The largest absolute Gasteiger partial charge is 0.430 e. The molecule has 1 aromatic heterocycles. The smallest absolute Gasteiger partial charge is 0.318 e. The molecule has 0 spiro atoms. The number of aromatic nitrogens is 3. The van der Waals surface area contributed by atoms with Gasteiger partial charge in [0.25, 0.3) is 0 Å². The molecule has 0 fully saturated rings. The zero-order chi connectivity index (χ0) is 11.4. The van der Waals surface area contributed by atoms with Gasteiger partial charge in [0.05, 0.1) is 11.7 Å². The Balaban J connectivity index is 1.87. The topological polar surface area (TPSA) is 67.9 Å². The third-order valence-corrected chi connectivity index (χ3v) is 3.16. The third kappa shape index (κ3) is 2.63. The predicted octanol–water partition coefficient (Wildman–Crippen LogP) is 1.75. The Morgan fingerprint density at radius 2 is 2.50 bits per heavy atom. The van der Waals surface area contributed by atoms with Gasteiger partial charge in [-0.1, -0.05) is 25.1 Å². The summed E-state index contributed by atoms with van der Waals surface area (Å²) in [5.41, 5.74) is 0. The Hall–Kier alpha value is -1.30. The van der Waals surface area contributed by atoms with Gasteiger partial charge < -0.3 is 4.74 Å². The van der Waals surface area contributed by atoms with Crippen LogP contribution in [0.3, 0.4) is 0 Å². The summed E-state index contributed by atoms with van der Waals surface area (Å²) in [4.78, 5) is 15.4. The van der Waals surface area contributed by atoms with Crippen molar-refractivity contribution in [3.05, 3.63) is 18.2 Å². The normalized spacial score (nSPS) is 19.7. The van der Waals surface area contributed by atoms with Gasteiger partial charge in [0.2, 0.25) is 0 Å². The fourth-order valence-electron chi connectivity index (χ4n) is 1.52. The summed E-state index contributed by atoms with van der Waals surface area (Å²) >= 11 is 1.47. The van der Waals surface area contributed by atoms with Crippen molar-refractivity contribution in [2.75, 3.05) is 5.75 Å². The van der Waals surface area contributed by atoms with E-state index in [1.54, 1.807) is 0 Å². The molecule has 1 aliphatic heterocycles.